The first kappa shape index (κ1) is 22.1. The number of likely N-dealkylation sites (N-methyl/N-ethyl adjacent to an activating group) is 1. The van der Waals surface area contributed by atoms with Crippen LogP contribution in [-0.4, -0.2) is 43.6 Å². The van der Waals surface area contributed by atoms with Gasteiger partial charge in [-0.2, -0.15) is 0 Å². The third-order valence-electron chi connectivity index (χ3n) is 4.48. The van der Waals surface area contributed by atoms with Crippen molar-refractivity contribution in [1.82, 2.24) is 4.90 Å². The number of rotatable bonds is 9. The molecule has 0 saturated heterocycles. The molecule has 0 aliphatic carbocycles. The van der Waals surface area contributed by atoms with Gasteiger partial charge in [0.25, 0.3) is 5.91 Å². The van der Waals surface area contributed by atoms with Gasteiger partial charge in [-0.3, -0.25) is 4.79 Å². The summed E-state index contributed by atoms with van der Waals surface area (Å²) >= 11 is 0. The zero-order valence-electron chi connectivity index (χ0n) is 17.4. The van der Waals surface area contributed by atoms with Gasteiger partial charge < -0.3 is 24.8 Å². The Bertz CT molecular complexity index is 866. The number of ether oxygens (including phenoxy) is 3. The van der Waals surface area contributed by atoms with E-state index in [1.54, 1.807) is 30.2 Å². The quantitative estimate of drug-likeness (QED) is 0.513. The SMILES string of the molecule is CCOc1ccc(CN(CC)C(=O)COC(=O)c2ccc(C)c(N)c2)cc1OC. The van der Waals surface area contributed by atoms with Gasteiger partial charge in [0.15, 0.2) is 18.1 Å². The standard InChI is InChI=1S/C22H28N2O5/c1-5-24(13-16-8-10-19(28-6-2)20(11-16)27-4)21(25)14-29-22(26)17-9-7-15(3)18(23)12-17/h7-12H,5-6,13-14,23H2,1-4H3. The fourth-order valence-electron chi connectivity index (χ4n) is 2.75. The number of nitrogens with two attached hydrogens (primary N) is 1. The number of benzene rings is 2. The van der Waals surface area contributed by atoms with Gasteiger partial charge in [-0.05, 0) is 56.2 Å². The second-order valence-electron chi connectivity index (χ2n) is 6.47. The highest BCUT2D eigenvalue weighted by atomic mass is 16.5. The van der Waals surface area contributed by atoms with Gasteiger partial charge in [0.2, 0.25) is 0 Å². The fourth-order valence-corrected chi connectivity index (χ4v) is 2.75. The summed E-state index contributed by atoms with van der Waals surface area (Å²) in [5.74, 6) is 0.397. The highest BCUT2D eigenvalue weighted by Gasteiger charge is 2.17. The lowest BCUT2D eigenvalue weighted by Gasteiger charge is -2.21. The smallest absolute Gasteiger partial charge is 0.338 e. The first-order valence-electron chi connectivity index (χ1n) is 9.50. The predicted molar refractivity (Wildman–Crippen MR) is 111 cm³/mol. The molecule has 29 heavy (non-hydrogen) atoms. The Morgan fingerprint density at radius 3 is 2.45 bits per heavy atom. The number of hydrogen-bond donors (Lipinski definition) is 1. The number of nitrogen functional groups attached to an aromatic ring is 1. The number of methoxy groups -OCH3 is 1. The van der Waals surface area contributed by atoms with E-state index < -0.39 is 5.97 Å². The van der Waals surface area contributed by atoms with Gasteiger partial charge in [-0.15, -0.1) is 0 Å². The first-order chi connectivity index (χ1) is 13.9. The molecule has 7 nitrogen and oxygen atoms in total. The summed E-state index contributed by atoms with van der Waals surface area (Å²) in [6.07, 6.45) is 0. The minimum absolute atomic E-state index is 0.284. The molecule has 0 aliphatic rings. The molecule has 2 aromatic rings. The van der Waals surface area contributed by atoms with E-state index in [9.17, 15) is 9.59 Å². The molecular weight excluding hydrogens is 372 g/mol. The van der Waals surface area contributed by atoms with Crippen LogP contribution in [0.4, 0.5) is 5.69 Å². The van der Waals surface area contributed by atoms with Crippen molar-refractivity contribution in [3.8, 4) is 11.5 Å². The van der Waals surface area contributed by atoms with Crippen LogP contribution in [0, 0.1) is 6.92 Å². The van der Waals surface area contributed by atoms with Crippen LogP contribution < -0.4 is 15.2 Å². The van der Waals surface area contributed by atoms with Crippen molar-refractivity contribution in [3.63, 3.8) is 0 Å². The normalized spacial score (nSPS) is 10.3. The summed E-state index contributed by atoms with van der Waals surface area (Å²) in [6.45, 7) is 6.66. The van der Waals surface area contributed by atoms with Crippen molar-refractivity contribution in [3.05, 3.63) is 53.1 Å². The zero-order chi connectivity index (χ0) is 21.4. The average Bonchev–Trinajstić information content (AvgIpc) is 2.72. The molecule has 0 aromatic heterocycles. The van der Waals surface area contributed by atoms with E-state index in [0.29, 0.717) is 42.4 Å². The Morgan fingerprint density at radius 2 is 1.83 bits per heavy atom. The van der Waals surface area contributed by atoms with Crippen LogP contribution in [0.5, 0.6) is 11.5 Å². The maximum Gasteiger partial charge on any atom is 0.338 e. The van der Waals surface area contributed by atoms with Gasteiger partial charge in [-0.1, -0.05) is 12.1 Å². The molecule has 7 heteroatoms. The summed E-state index contributed by atoms with van der Waals surface area (Å²) in [4.78, 5) is 26.3. The lowest BCUT2D eigenvalue weighted by atomic mass is 10.1. The largest absolute Gasteiger partial charge is 0.493 e. The van der Waals surface area contributed by atoms with Crippen LogP contribution in [0.25, 0.3) is 0 Å². The van der Waals surface area contributed by atoms with Crippen LogP contribution in [0.15, 0.2) is 36.4 Å². The third kappa shape index (κ3) is 5.88. The highest BCUT2D eigenvalue weighted by Crippen LogP contribution is 2.28. The molecule has 0 fully saturated rings. The Morgan fingerprint density at radius 1 is 1.07 bits per heavy atom. The van der Waals surface area contributed by atoms with E-state index >= 15 is 0 Å². The lowest BCUT2D eigenvalue weighted by Crippen LogP contribution is -2.34. The van der Waals surface area contributed by atoms with Gasteiger partial charge >= 0.3 is 5.97 Å². The number of carbonyl (C=O) groups is 2. The Hall–Kier alpha value is -3.22. The molecule has 0 aliphatic heterocycles. The lowest BCUT2D eigenvalue weighted by molar-refractivity contribution is -0.134. The van der Waals surface area contributed by atoms with Crippen LogP contribution in [-0.2, 0) is 16.1 Å². The summed E-state index contributed by atoms with van der Waals surface area (Å²) < 4.78 is 16.0. The third-order valence-corrected chi connectivity index (χ3v) is 4.48. The van der Waals surface area contributed by atoms with Gasteiger partial charge in [0, 0.05) is 18.8 Å². The molecule has 0 atom stereocenters. The molecular formula is C22H28N2O5. The molecule has 0 spiro atoms. The maximum absolute atomic E-state index is 12.5. The highest BCUT2D eigenvalue weighted by molar-refractivity contribution is 5.92. The van der Waals surface area contributed by atoms with Gasteiger partial charge in [0.05, 0.1) is 19.3 Å². The number of carbonyl (C=O) groups excluding carboxylic acids is 2. The summed E-state index contributed by atoms with van der Waals surface area (Å²) in [7, 11) is 1.57. The number of anilines is 1. The topological polar surface area (TPSA) is 91.1 Å². The summed E-state index contributed by atoms with van der Waals surface area (Å²) in [5.41, 5.74) is 8.41. The van der Waals surface area contributed by atoms with Crippen LogP contribution in [0.1, 0.15) is 35.3 Å². The van der Waals surface area contributed by atoms with Crippen molar-refractivity contribution in [1.29, 1.82) is 0 Å². The summed E-state index contributed by atoms with van der Waals surface area (Å²) in [6, 6.07) is 10.4. The van der Waals surface area contributed by atoms with E-state index in [1.165, 1.54) is 0 Å². The Kier molecular flexibility index (Phi) is 7.88. The average molecular weight is 400 g/mol. The van der Waals surface area contributed by atoms with Crippen molar-refractivity contribution < 1.29 is 23.8 Å². The number of amides is 1. The van der Waals surface area contributed by atoms with E-state index in [-0.39, 0.29) is 12.5 Å². The van der Waals surface area contributed by atoms with Gasteiger partial charge in [-0.25, -0.2) is 4.79 Å². The predicted octanol–water partition coefficient (Wildman–Crippen LogP) is 3.19. The monoisotopic (exact) mass is 400 g/mol. The number of aryl methyl sites for hydroxylation is 1. The van der Waals surface area contributed by atoms with E-state index in [0.717, 1.165) is 11.1 Å². The molecule has 0 unspecified atom stereocenters. The second kappa shape index (κ2) is 10.4. The molecule has 0 bridgehead atoms. The molecule has 2 rings (SSSR count). The first-order valence-corrected chi connectivity index (χ1v) is 9.50. The molecule has 0 radical (unpaired) electrons. The van der Waals surface area contributed by atoms with Crippen LogP contribution >= 0.6 is 0 Å². The molecule has 0 heterocycles. The van der Waals surface area contributed by atoms with Crippen molar-refractivity contribution >= 4 is 17.6 Å². The zero-order valence-corrected chi connectivity index (χ0v) is 17.4. The van der Waals surface area contributed by atoms with Crippen molar-refractivity contribution in [2.45, 2.75) is 27.3 Å². The van der Waals surface area contributed by atoms with E-state index in [1.807, 2.05) is 39.0 Å². The molecule has 2 N–H and O–H groups in total. The molecule has 1 amide bonds. The van der Waals surface area contributed by atoms with E-state index in [4.69, 9.17) is 19.9 Å². The van der Waals surface area contributed by atoms with Crippen LogP contribution in [0.3, 0.4) is 0 Å². The van der Waals surface area contributed by atoms with E-state index in [2.05, 4.69) is 0 Å². The van der Waals surface area contributed by atoms with Gasteiger partial charge in [0.1, 0.15) is 0 Å². The molecule has 2 aromatic carbocycles. The Balaban J connectivity index is 1.99. The van der Waals surface area contributed by atoms with Crippen molar-refractivity contribution in [2.24, 2.45) is 0 Å². The minimum atomic E-state index is -0.580. The molecule has 0 saturated carbocycles. The second-order valence-corrected chi connectivity index (χ2v) is 6.47. The Labute approximate surface area is 171 Å². The van der Waals surface area contributed by atoms with Crippen molar-refractivity contribution in [2.75, 3.05) is 32.6 Å². The summed E-state index contributed by atoms with van der Waals surface area (Å²) in [5, 5.41) is 0. The molecule has 156 valence electrons. The fraction of sp³-hybridized carbons (Fsp3) is 0.364. The number of hydrogen-bond acceptors (Lipinski definition) is 6. The van der Waals surface area contributed by atoms with Crippen LogP contribution in [0.2, 0.25) is 0 Å². The minimum Gasteiger partial charge on any atom is -0.493 e. The maximum atomic E-state index is 12.5. The number of nitrogens with zero attached hydrogens (tertiary/aromatic N) is 1. The number of esters is 1.